The summed E-state index contributed by atoms with van der Waals surface area (Å²) in [6.45, 7) is 7.61. The van der Waals surface area contributed by atoms with E-state index < -0.39 is 0 Å². The van der Waals surface area contributed by atoms with Gasteiger partial charge in [0.05, 0.1) is 12.2 Å². The number of carbonyl (C=O) groups excluding carboxylic acids is 1. The predicted octanol–water partition coefficient (Wildman–Crippen LogP) is 5.18. The molecule has 0 unspecified atom stereocenters. The van der Waals surface area contributed by atoms with Crippen LogP contribution in [0.15, 0.2) is 36.4 Å². The highest BCUT2D eigenvalue weighted by atomic mass is 16.5. The van der Waals surface area contributed by atoms with Crippen molar-refractivity contribution < 1.29 is 9.53 Å². The van der Waals surface area contributed by atoms with Crippen LogP contribution < -0.4 is 10.1 Å². The van der Waals surface area contributed by atoms with Crippen LogP contribution in [-0.4, -0.2) is 19.1 Å². The third-order valence-electron chi connectivity index (χ3n) is 4.51. The maximum atomic E-state index is 12.9. The number of carbonyl (C=O) groups is 1. The number of nitrogens with one attached hydrogen (secondary N) is 1. The molecule has 0 aliphatic carbocycles. The van der Waals surface area contributed by atoms with Gasteiger partial charge < -0.3 is 10.1 Å². The molecule has 0 aliphatic rings. The fourth-order valence-electron chi connectivity index (χ4n) is 3.03. The Kier molecular flexibility index (Phi) is 7.10. The van der Waals surface area contributed by atoms with Crippen molar-refractivity contribution in [2.45, 2.75) is 46.5 Å². The van der Waals surface area contributed by atoms with Crippen LogP contribution in [0.5, 0.6) is 5.75 Å². The summed E-state index contributed by atoms with van der Waals surface area (Å²) in [6.07, 6.45) is 4.67. The Morgan fingerprint density at radius 1 is 1.12 bits per heavy atom. The maximum absolute atomic E-state index is 12.9. The molecule has 3 heteroatoms. The fourth-order valence-corrected chi connectivity index (χ4v) is 3.03. The second-order valence-electron chi connectivity index (χ2n) is 6.22. The number of unbranched alkanes of at least 4 members (excludes halogenated alkanes) is 1. The zero-order valence-electron chi connectivity index (χ0n) is 15.1. The van der Waals surface area contributed by atoms with E-state index in [0.717, 1.165) is 23.7 Å². The van der Waals surface area contributed by atoms with E-state index in [2.05, 4.69) is 19.2 Å². The molecule has 0 saturated heterocycles. The van der Waals surface area contributed by atoms with E-state index in [1.165, 1.54) is 19.3 Å². The Labute approximate surface area is 145 Å². The lowest BCUT2D eigenvalue weighted by molar-refractivity contribution is 0.0944. The molecular formula is C21H29NO2. The largest absolute Gasteiger partial charge is 0.493 e. The third kappa shape index (κ3) is 4.50. The predicted molar refractivity (Wildman–Crippen MR) is 101 cm³/mol. The van der Waals surface area contributed by atoms with Crippen LogP contribution in [0.1, 0.15) is 56.8 Å². The van der Waals surface area contributed by atoms with Crippen LogP contribution in [0.4, 0.5) is 0 Å². The lowest BCUT2D eigenvalue weighted by Crippen LogP contribution is -2.29. The second-order valence-corrected chi connectivity index (χ2v) is 6.22. The number of benzene rings is 2. The van der Waals surface area contributed by atoms with Crippen LogP contribution in [0.3, 0.4) is 0 Å². The van der Waals surface area contributed by atoms with Gasteiger partial charge in [0.1, 0.15) is 5.75 Å². The van der Waals surface area contributed by atoms with Gasteiger partial charge >= 0.3 is 0 Å². The molecule has 24 heavy (non-hydrogen) atoms. The molecule has 2 rings (SSSR count). The minimum Gasteiger partial charge on any atom is -0.493 e. The van der Waals surface area contributed by atoms with E-state index in [1.54, 1.807) is 0 Å². The lowest BCUT2D eigenvalue weighted by atomic mass is 9.98. The van der Waals surface area contributed by atoms with Gasteiger partial charge in [0.2, 0.25) is 0 Å². The van der Waals surface area contributed by atoms with Gasteiger partial charge in [-0.3, -0.25) is 4.79 Å². The van der Waals surface area contributed by atoms with Gasteiger partial charge in [-0.25, -0.2) is 0 Å². The molecular weight excluding hydrogens is 298 g/mol. The summed E-state index contributed by atoms with van der Waals surface area (Å²) >= 11 is 0. The van der Waals surface area contributed by atoms with E-state index in [-0.39, 0.29) is 5.91 Å². The normalized spacial score (nSPS) is 12.1. The molecule has 0 saturated carbocycles. The molecule has 0 aliphatic heterocycles. The first-order valence-corrected chi connectivity index (χ1v) is 9.13. The van der Waals surface area contributed by atoms with Crippen molar-refractivity contribution in [2.24, 2.45) is 5.92 Å². The van der Waals surface area contributed by atoms with Gasteiger partial charge in [0.25, 0.3) is 5.91 Å². The number of rotatable bonds is 9. The van der Waals surface area contributed by atoms with E-state index in [9.17, 15) is 4.79 Å². The maximum Gasteiger partial charge on any atom is 0.255 e. The molecule has 130 valence electrons. The Morgan fingerprint density at radius 2 is 1.92 bits per heavy atom. The number of ether oxygens (including phenoxy) is 1. The zero-order valence-corrected chi connectivity index (χ0v) is 15.1. The molecule has 0 fully saturated rings. The first-order valence-electron chi connectivity index (χ1n) is 9.13. The van der Waals surface area contributed by atoms with Crippen molar-refractivity contribution in [3.8, 4) is 5.75 Å². The van der Waals surface area contributed by atoms with Crippen molar-refractivity contribution in [3.05, 3.63) is 42.0 Å². The van der Waals surface area contributed by atoms with Crippen molar-refractivity contribution in [2.75, 3.05) is 13.2 Å². The molecule has 0 aromatic heterocycles. The minimum atomic E-state index is -0.0369. The summed E-state index contributed by atoms with van der Waals surface area (Å²) in [7, 11) is 0. The zero-order chi connectivity index (χ0) is 17.4. The third-order valence-corrected chi connectivity index (χ3v) is 4.51. The van der Waals surface area contributed by atoms with Gasteiger partial charge in [-0.2, -0.15) is 0 Å². The van der Waals surface area contributed by atoms with Gasteiger partial charge in [-0.1, -0.05) is 63.4 Å². The Bertz CT molecular complexity index is 666. The average molecular weight is 327 g/mol. The van der Waals surface area contributed by atoms with E-state index >= 15 is 0 Å². The average Bonchev–Trinajstić information content (AvgIpc) is 2.61. The highest BCUT2D eigenvalue weighted by molar-refractivity contribution is 6.09. The molecule has 2 aromatic rings. The molecule has 0 spiro atoms. The minimum absolute atomic E-state index is 0.0369. The van der Waals surface area contributed by atoms with Gasteiger partial charge in [0, 0.05) is 6.54 Å². The van der Waals surface area contributed by atoms with Gasteiger partial charge in [-0.05, 0) is 36.1 Å². The topological polar surface area (TPSA) is 38.3 Å². The van der Waals surface area contributed by atoms with Crippen LogP contribution >= 0.6 is 0 Å². The summed E-state index contributed by atoms with van der Waals surface area (Å²) in [4.78, 5) is 12.9. The Hall–Kier alpha value is -2.03. The fraction of sp³-hybridized carbons (Fsp3) is 0.476. The van der Waals surface area contributed by atoms with Crippen LogP contribution in [0, 0.1) is 5.92 Å². The monoisotopic (exact) mass is 327 g/mol. The van der Waals surface area contributed by atoms with E-state index in [4.69, 9.17) is 4.74 Å². The molecule has 0 bridgehead atoms. The number of amides is 1. The Balaban J connectivity index is 2.22. The highest BCUT2D eigenvalue weighted by Gasteiger charge is 2.17. The molecule has 1 N–H and O–H groups in total. The quantitative estimate of drug-likeness (QED) is 0.689. The molecule has 1 amide bonds. The van der Waals surface area contributed by atoms with E-state index in [0.29, 0.717) is 23.8 Å². The summed E-state index contributed by atoms with van der Waals surface area (Å²) in [6, 6.07) is 11.9. The lowest BCUT2D eigenvalue weighted by Gasteiger charge is -2.17. The first-order chi connectivity index (χ1) is 11.7. The van der Waals surface area contributed by atoms with Crippen molar-refractivity contribution in [1.82, 2.24) is 5.32 Å². The molecule has 1 atom stereocenters. The molecule has 3 nitrogen and oxygen atoms in total. The summed E-state index contributed by atoms with van der Waals surface area (Å²) in [5.74, 6) is 1.17. The van der Waals surface area contributed by atoms with Crippen LogP contribution in [-0.2, 0) is 0 Å². The second kappa shape index (κ2) is 9.31. The number of hydrogen-bond donors (Lipinski definition) is 1. The Morgan fingerprint density at radius 3 is 2.62 bits per heavy atom. The SMILES string of the molecule is CCCC[C@@H](CC)CNC(=O)c1c(OCC)ccc2ccccc12. The summed E-state index contributed by atoms with van der Waals surface area (Å²) < 4.78 is 5.70. The van der Waals surface area contributed by atoms with Gasteiger partial charge in [0.15, 0.2) is 0 Å². The first kappa shape index (κ1) is 18.3. The summed E-state index contributed by atoms with van der Waals surface area (Å²) in [5.41, 5.74) is 0.653. The van der Waals surface area contributed by atoms with E-state index in [1.807, 2.05) is 43.3 Å². The van der Waals surface area contributed by atoms with Crippen LogP contribution in [0.25, 0.3) is 10.8 Å². The molecule has 2 aromatic carbocycles. The van der Waals surface area contributed by atoms with Gasteiger partial charge in [-0.15, -0.1) is 0 Å². The van der Waals surface area contributed by atoms with Crippen LogP contribution in [0.2, 0.25) is 0 Å². The number of fused-ring (bicyclic) bond motifs is 1. The number of hydrogen-bond acceptors (Lipinski definition) is 2. The highest BCUT2D eigenvalue weighted by Crippen LogP contribution is 2.28. The van der Waals surface area contributed by atoms with Crippen molar-refractivity contribution in [1.29, 1.82) is 0 Å². The molecule has 0 radical (unpaired) electrons. The summed E-state index contributed by atoms with van der Waals surface area (Å²) in [5, 5.41) is 5.14. The van der Waals surface area contributed by atoms with Crippen molar-refractivity contribution in [3.63, 3.8) is 0 Å². The van der Waals surface area contributed by atoms with Crippen molar-refractivity contribution >= 4 is 16.7 Å². The smallest absolute Gasteiger partial charge is 0.255 e. The standard InChI is InChI=1S/C21H29NO2/c1-4-7-10-16(5-2)15-22-21(23)20-18-12-9-8-11-17(18)13-14-19(20)24-6-3/h8-9,11-14,16H,4-7,10,15H2,1-3H3,(H,22,23)/t16-/m1/s1. The molecule has 0 heterocycles.